The molecule has 2 aromatic carbocycles. The summed E-state index contributed by atoms with van der Waals surface area (Å²) in [5.74, 6) is -1.62. The minimum atomic E-state index is -1.26. The van der Waals surface area contributed by atoms with E-state index in [2.05, 4.69) is 52.9 Å². The highest BCUT2D eigenvalue weighted by molar-refractivity contribution is 5.98. The molecule has 0 bridgehead atoms. The maximum Gasteiger partial charge on any atom is 0.328 e. The molecule has 0 radical (unpaired) electrons. The number of carboxylic acid groups (broad SMARTS) is 2. The van der Waals surface area contributed by atoms with Gasteiger partial charge in [-0.1, -0.05) is 30.3 Å². The first kappa shape index (κ1) is 22.6. The van der Waals surface area contributed by atoms with Crippen molar-refractivity contribution in [3.05, 3.63) is 90.1 Å². The van der Waals surface area contributed by atoms with E-state index in [-0.39, 0.29) is 0 Å². The van der Waals surface area contributed by atoms with Gasteiger partial charge in [-0.2, -0.15) is 0 Å². The average molecular weight is 432 g/mol. The number of rotatable bonds is 6. The molecule has 0 saturated carbocycles. The Kier molecular flexibility index (Phi) is 7.59. The third-order valence-electron chi connectivity index (χ3n) is 4.79. The molecule has 0 fully saturated rings. The molecule has 1 aromatic heterocycles. The summed E-state index contributed by atoms with van der Waals surface area (Å²) in [6, 6.07) is 22.9. The summed E-state index contributed by atoms with van der Waals surface area (Å²) in [4.78, 5) is 23.6. The second-order valence-corrected chi connectivity index (χ2v) is 7.03. The van der Waals surface area contributed by atoms with E-state index in [4.69, 9.17) is 14.9 Å². The van der Waals surface area contributed by atoms with Crippen LogP contribution in [0, 0.1) is 0 Å². The van der Waals surface area contributed by atoms with Gasteiger partial charge in [-0.25, -0.2) is 9.59 Å². The Bertz CT molecular complexity index is 1110. The van der Waals surface area contributed by atoms with E-state index in [0.717, 1.165) is 24.6 Å². The lowest BCUT2D eigenvalue weighted by Gasteiger charge is -2.17. The molecule has 0 spiro atoms. The number of carbonyl (C=O) groups is 2. The minimum absolute atomic E-state index is 0.558. The topological polar surface area (TPSA) is 101 Å². The Morgan fingerprint density at radius 3 is 2.19 bits per heavy atom. The second-order valence-electron chi connectivity index (χ2n) is 7.03. The Labute approximate surface area is 185 Å². The average Bonchev–Trinajstić information content (AvgIpc) is 3.23. The molecule has 0 aliphatic carbocycles. The smallest absolute Gasteiger partial charge is 0.328 e. The molecule has 1 aliphatic rings. The Morgan fingerprint density at radius 2 is 1.56 bits per heavy atom. The number of carboxylic acids is 2. The van der Waals surface area contributed by atoms with Crippen LogP contribution >= 0.6 is 0 Å². The monoisotopic (exact) mass is 432 g/mol. The quantitative estimate of drug-likeness (QED) is 0.567. The van der Waals surface area contributed by atoms with Crippen LogP contribution in [0.15, 0.2) is 83.9 Å². The van der Waals surface area contributed by atoms with Crippen molar-refractivity contribution in [2.45, 2.75) is 20.1 Å². The zero-order chi connectivity index (χ0) is 22.9. The fourth-order valence-electron chi connectivity index (χ4n) is 3.28. The first-order valence-electron chi connectivity index (χ1n) is 10.1. The van der Waals surface area contributed by atoms with Crippen LogP contribution in [-0.4, -0.2) is 39.0 Å². The van der Waals surface area contributed by atoms with Gasteiger partial charge in [0, 0.05) is 24.4 Å². The number of nitrogens with zero attached hydrogens (tertiary/aromatic N) is 2. The molecule has 3 aromatic rings. The molecule has 4 rings (SSSR count). The normalized spacial score (nSPS) is 12.3. The number of benzene rings is 2. The molecule has 2 N–H and O–H groups in total. The van der Waals surface area contributed by atoms with Gasteiger partial charge < -0.3 is 19.5 Å². The van der Waals surface area contributed by atoms with E-state index >= 15 is 0 Å². The number of hydrogen-bond donors (Lipinski definition) is 2. The summed E-state index contributed by atoms with van der Waals surface area (Å²) >= 11 is 0. The van der Waals surface area contributed by atoms with Crippen molar-refractivity contribution in [2.24, 2.45) is 4.99 Å². The molecular formula is C25H24N2O5. The minimum Gasteiger partial charge on any atom is -0.489 e. The summed E-state index contributed by atoms with van der Waals surface area (Å²) in [6.07, 6.45) is 1.12. The zero-order valence-electron chi connectivity index (χ0n) is 17.6. The lowest BCUT2D eigenvalue weighted by Crippen LogP contribution is -2.16. The molecule has 0 saturated heterocycles. The largest absolute Gasteiger partial charge is 0.489 e. The predicted octanol–water partition coefficient (Wildman–Crippen LogP) is 4.27. The van der Waals surface area contributed by atoms with Gasteiger partial charge in [0.1, 0.15) is 12.4 Å². The van der Waals surface area contributed by atoms with Crippen LogP contribution in [0.4, 0.5) is 0 Å². The maximum absolute atomic E-state index is 9.55. The Hall–Kier alpha value is -4.13. The van der Waals surface area contributed by atoms with E-state index < -0.39 is 11.9 Å². The zero-order valence-corrected chi connectivity index (χ0v) is 17.6. The summed E-state index contributed by atoms with van der Waals surface area (Å²) < 4.78 is 8.22. The number of ether oxygens (including phenoxy) is 1. The standard InChI is InChI=1S/C21H20N2O.C4H4O4/c1-16-20-11-12-21(23(20)14-13-22-16)18-7-9-19(10-8-18)24-15-17-5-3-2-4-6-17;5-3(6)1-2-4(7)8/h2-12H,13-15H2,1H3;1-2H,(H,5,6)(H,7,8). The maximum atomic E-state index is 9.55. The third-order valence-corrected chi connectivity index (χ3v) is 4.79. The van der Waals surface area contributed by atoms with Gasteiger partial charge in [0.15, 0.2) is 0 Å². The Balaban J connectivity index is 0.000000312. The van der Waals surface area contributed by atoms with Gasteiger partial charge >= 0.3 is 11.9 Å². The fraction of sp³-hybridized carbons (Fsp3) is 0.160. The molecule has 0 unspecified atom stereocenters. The van der Waals surface area contributed by atoms with Crippen LogP contribution in [0.5, 0.6) is 5.75 Å². The predicted molar refractivity (Wildman–Crippen MR) is 122 cm³/mol. The van der Waals surface area contributed by atoms with Crippen LogP contribution in [0.3, 0.4) is 0 Å². The molecule has 0 amide bonds. The number of aliphatic imine (C=N–C) groups is 1. The fourth-order valence-corrected chi connectivity index (χ4v) is 3.28. The van der Waals surface area contributed by atoms with E-state index in [1.165, 1.54) is 22.5 Å². The first-order chi connectivity index (χ1) is 15.4. The summed E-state index contributed by atoms with van der Waals surface area (Å²) in [5.41, 5.74) is 5.98. The third kappa shape index (κ3) is 6.18. The van der Waals surface area contributed by atoms with Gasteiger partial charge in [0.2, 0.25) is 0 Å². The van der Waals surface area contributed by atoms with Gasteiger partial charge in [0.05, 0.1) is 18.0 Å². The van der Waals surface area contributed by atoms with E-state index in [9.17, 15) is 9.59 Å². The van der Waals surface area contributed by atoms with Crippen molar-refractivity contribution in [3.63, 3.8) is 0 Å². The van der Waals surface area contributed by atoms with E-state index in [0.29, 0.717) is 18.8 Å². The number of aromatic nitrogens is 1. The molecule has 7 nitrogen and oxygen atoms in total. The molecule has 1 aliphatic heterocycles. The highest BCUT2D eigenvalue weighted by atomic mass is 16.5. The van der Waals surface area contributed by atoms with Crippen molar-refractivity contribution >= 4 is 17.7 Å². The lowest BCUT2D eigenvalue weighted by molar-refractivity contribution is -0.134. The van der Waals surface area contributed by atoms with Gasteiger partial charge in [-0.3, -0.25) is 4.99 Å². The molecule has 0 atom stereocenters. The SMILES string of the molecule is CC1=NCCn2c1ccc2-c1ccc(OCc2ccccc2)cc1.O=C(O)C=CC(=O)O. The molecule has 32 heavy (non-hydrogen) atoms. The van der Waals surface area contributed by atoms with Crippen molar-refractivity contribution < 1.29 is 24.5 Å². The van der Waals surface area contributed by atoms with Crippen LogP contribution in [0.2, 0.25) is 0 Å². The Morgan fingerprint density at radius 1 is 0.938 bits per heavy atom. The van der Waals surface area contributed by atoms with Crippen LogP contribution in [-0.2, 0) is 22.7 Å². The van der Waals surface area contributed by atoms with Crippen molar-refractivity contribution in [2.75, 3.05) is 6.54 Å². The van der Waals surface area contributed by atoms with Crippen molar-refractivity contribution in [1.82, 2.24) is 4.57 Å². The number of fused-ring (bicyclic) bond motifs is 1. The van der Waals surface area contributed by atoms with Crippen LogP contribution in [0.1, 0.15) is 18.2 Å². The van der Waals surface area contributed by atoms with Gasteiger partial charge in [-0.05, 0) is 54.4 Å². The summed E-state index contributed by atoms with van der Waals surface area (Å²) in [5, 5.41) is 15.6. The summed E-state index contributed by atoms with van der Waals surface area (Å²) in [7, 11) is 0. The number of aliphatic carboxylic acids is 2. The highest BCUT2D eigenvalue weighted by Gasteiger charge is 2.14. The molecule has 2 heterocycles. The van der Waals surface area contributed by atoms with E-state index in [1.807, 2.05) is 30.3 Å². The van der Waals surface area contributed by atoms with Crippen LogP contribution < -0.4 is 4.74 Å². The van der Waals surface area contributed by atoms with Crippen LogP contribution in [0.25, 0.3) is 11.3 Å². The van der Waals surface area contributed by atoms with Gasteiger partial charge in [-0.15, -0.1) is 0 Å². The molecular weight excluding hydrogens is 408 g/mol. The van der Waals surface area contributed by atoms with Crippen molar-refractivity contribution in [1.29, 1.82) is 0 Å². The number of hydrogen-bond acceptors (Lipinski definition) is 4. The second kappa shape index (κ2) is 10.8. The molecule has 7 heteroatoms. The molecule has 164 valence electrons. The summed E-state index contributed by atoms with van der Waals surface area (Å²) in [6.45, 7) is 4.48. The lowest BCUT2D eigenvalue weighted by atomic mass is 10.1. The highest BCUT2D eigenvalue weighted by Crippen LogP contribution is 2.27. The van der Waals surface area contributed by atoms with E-state index in [1.54, 1.807) is 0 Å². The first-order valence-corrected chi connectivity index (χ1v) is 10.1. The van der Waals surface area contributed by atoms with Gasteiger partial charge in [0.25, 0.3) is 0 Å². The van der Waals surface area contributed by atoms with Crippen molar-refractivity contribution in [3.8, 4) is 17.0 Å².